The van der Waals surface area contributed by atoms with Crippen LogP contribution < -0.4 is 5.48 Å². The summed E-state index contributed by atoms with van der Waals surface area (Å²) in [6, 6.07) is 0. The van der Waals surface area contributed by atoms with Crippen LogP contribution in [0.3, 0.4) is 0 Å². The van der Waals surface area contributed by atoms with E-state index in [0.29, 0.717) is 6.42 Å². The molecular weight excluding hydrogens is 234 g/mol. The monoisotopic (exact) mass is 259 g/mol. The molecule has 0 aliphatic rings. The second-order valence-electron chi connectivity index (χ2n) is 4.70. The number of aliphatic carboxylic acids is 1. The van der Waals surface area contributed by atoms with Gasteiger partial charge in [-0.25, -0.2) is 5.48 Å². The van der Waals surface area contributed by atoms with Gasteiger partial charge in [-0.15, -0.1) is 0 Å². The summed E-state index contributed by atoms with van der Waals surface area (Å²) in [4.78, 5) is 22.8. The molecule has 0 saturated heterocycles. The van der Waals surface area contributed by atoms with E-state index in [2.05, 4.69) is 6.92 Å². The number of nitrogens with one attached hydrogen (secondary N) is 1. The summed E-state index contributed by atoms with van der Waals surface area (Å²) < 4.78 is 0. The third-order valence-corrected chi connectivity index (χ3v) is 3.51. The molecule has 1 atom stereocenters. The lowest BCUT2D eigenvalue weighted by Crippen LogP contribution is -2.45. The van der Waals surface area contributed by atoms with Gasteiger partial charge in [0.2, 0.25) is 0 Å². The number of hydrogen-bond donors (Lipinski definition) is 3. The third-order valence-electron chi connectivity index (χ3n) is 3.51. The van der Waals surface area contributed by atoms with Crippen molar-refractivity contribution >= 4 is 11.9 Å². The van der Waals surface area contributed by atoms with Crippen molar-refractivity contribution < 1.29 is 19.9 Å². The van der Waals surface area contributed by atoms with Gasteiger partial charge in [-0.3, -0.25) is 14.8 Å². The molecule has 0 aliphatic heterocycles. The number of carbonyl (C=O) groups is 2. The van der Waals surface area contributed by atoms with Crippen LogP contribution in [0.4, 0.5) is 0 Å². The number of carboxylic acids is 1. The van der Waals surface area contributed by atoms with Crippen LogP contribution in [-0.2, 0) is 9.59 Å². The van der Waals surface area contributed by atoms with Gasteiger partial charge in [0.25, 0.3) is 5.91 Å². The van der Waals surface area contributed by atoms with E-state index < -0.39 is 17.3 Å². The van der Waals surface area contributed by atoms with Crippen LogP contribution in [0.15, 0.2) is 0 Å². The lowest BCUT2D eigenvalue weighted by molar-refractivity contribution is -0.160. The highest BCUT2D eigenvalue weighted by Crippen LogP contribution is 2.30. The molecule has 18 heavy (non-hydrogen) atoms. The first-order valence-corrected chi connectivity index (χ1v) is 6.73. The summed E-state index contributed by atoms with van der Waals surface area (Å²) >= 11 is 0. The maximum Gasteiger partial charge on any atom is 0.319 e. The van der Waals surface area contributed by atoms with Gasteiger partial charge < -0.3 is 5.11 Å². The van der Waals surface area contributed by atoms with E-state index in [0.717, 1.165) is 19.3 Å². The summed E-state index contributed by atoms with van der Waals surface area (Å²) in [5.74, 6) is -1.98. The van der Waals surface area contributed by atoms with Crippen molar-refractivity contribution in [2.24, 2.45) is 5.41 Å². The highest BCUT2D eigenvalue weighted by molar-refractivity contribution is 6.01. The van der Waals surface area contributed by atoms with Gasteiger partial charge in [0.1, 0.15) is 5.41 Å². The molecule has 0 aromatic rings. The molecular formula is C13H25NO4. The molecule has 0 rings (SSSR count). The molecule has 106 valence electrons. The fourth-order valence-electron chi connectivity index (χ4n) is 2.12. The molecule has 0 aromatic heterocycles. The zero-order valence-electron chi connectivity index (χ0n) is 11.4. The van der Waals surface area contributed by atoms with E-state index in [9.17, 15) is 14.7 Å². The predicted octanol–water partition coefficient (Wildman–Crippen LogP) is 2.72. The number of amides is 1. The van der Waals surface area contributed by atoms with Crippen molar-refractivity contribution in [3.63, 3.8) is 0 Å². The molecule has 3 N–H and O–H groups in total. The average Bonchev–Trinajstić information content (AvgIpc) is 2.37. The standard InChI is InChI=1S/C13H25NO4/c1-3-5-6-7-8-9-10-13(4-2,12(16)17)11(15)14-18/h18H,3-10H2,1-2H3,(H,14,15)(H,16,17)/t13-/m1/s1. The minimum Gasteiger partial charge on any atom is -0.480 e. The topological polar surface area (TPSA) is 86.6 Å². The van der Waals surface area contributed by atoms with E-state index in [-0.39, 0.29) is 12.8 Å². The molecule has 0 heterocycles. The zero-order chi connectivity index (χ0) is 14.0. The van der Waals surface area contributed by atoms with Crippen LogP contribution in [0.1, 0.15) is 65.2 Å². The Morgan fingerprint density at radius 1 is 1.06 bits per heavy atom. The quantitative estimate of drug-likeness (QED) is 0.244. The van der Waals surface area contributed by atoms with Crippen molar-refractivity contribution in [2.45, 2.75) is 65.2 Å². The number of hydroxylamine groups is 1. The van der Waals surface area contributed by atoms with E-state index >= 15 is 0 Å². The van der Waals surface area contributed by atoms with E-state index in [1.54, 1.807) is 6.92 Å². The normalized spacial score (nSPS) is 13.9. The average molecular weight is 259 g/mol. The van der Waals surface area contributed by atoms with Gasteiger partial charge in [-0.05, 0) is 12.8 Å². The first-order valence-electron chi connectivity index (χ1n) is 6.73. The minimum absolute atomic E-state index is 0.184. The fourth-order valence-corrected chi connectivity index (χ4v) is 2.12. The summed E-state index contributed by atoms with van der Waals surface area (Å²) in [6.07, 6.45) is 6.64. The predicted molar refractivity (Wildman–Crippen MR) is 68.3 cm³/mol. The summed E-state index contributed by atoms with van der Waals surface area (Å²) in [5.41, 5.74) is -0.00701. The van der Waals surface area contributed by atoms with Crippen LogP contribution in [0.5, 0.6) is 0 Å². The van der Waals surface area contributed by atoms with Gasteiger partial charge in [0, 0.05) is 0 Å². The van der Waals surface area contributed by atoms with Crippen LogP contribution in [0, 0.1) is 5.41 Å². The Morgan fingerprint density at radius 2 is 1.61 bits per heavy atom. The molecule has 0 unspecified atom stereocenters. The second-order valence-corrected chi connectivity index (χ2v) is 4.70. The van der Waals surface area contributed by atoms with Crippen molar-refractivity contribution in [1.29, 1.82) is 0 Å². The number of hydrogen-bond acceptors (Lipinski definition) is 3. The molecule has 0 aromatic carbocycles. The van der Waals surface area contributed by atoms with Gasteiger partial charge >= 0.3 is 5.97 Å². The van der Waals surface area contributed by atoms with E-state index in [1.165, 1.54) is 18.3 Å². The van der Waals surface area contributed by atoms with Crippen molar-refractivity contribution in [1.82, 2.24) is 5.48 Å². The van der Waals surface area contributed by atoms with Gasteiger partial charge in [-0.2, -0.15) is 0 Å². The fraction of sp³-hybridized carbons (Fsp3) is 0.846. The molecule has 5 nitrogen and oxygen atoms in total. The smallest absolute Gasteiger partial charge is 0.319 e. The van der Waals surface area contributed by atoms with Crippen molar-refractivity contribution in [3.8, 4) is 0 Å². The van der Waals surface area contributed by atoms with Gasteiger partial charge in [0.05, 0.1) is 0 Å². The van der Waals surface area contributed by atoms with Crippen LogP contribution in [0.25, 0.3) is 0 Å². The van der Waals surface area contributed by atoms with Crippen LogP contribution >= 0.6 is 0 Å². The molecule has 5 heteroatoms. The molecule has 0 fully saturated rings. The summed E-state index contributed by atoms with van der Waals surface area (Å²) in [5, 5.41) is 17.9. The Bertz CT molecular complexity index is 268. The summed E-state index contributed by atoms with van der Waals surface area (Å²) in [6.45, 7) is 3.79. The Labute approximate surface area is 109 Å². The van der Waals surface area contributed by atoms with Crippen molar-refractivity contribution in [3.05, 3.63) is 0 Å². The van der Waals surface area contributed by atoms with Gasteiger partial charge in [-0.1, -0.05) is 52.4 Å². The lowest BCUT2D eigenvalue weighted by Gasteiger charge is -2.25. The minimum atomic E-state index is -1.49. The second kappa shape index (κ2) is 8.91. The largest absolute Gasteiger partial charge is 0.480 e. The van der Waals surface area contributed by atoms with Crippen LogP contribution in [-0.4, -0.2) is 22.2 Å². The van der Waals surface area contributed by atoms with Crippen molar-refractivity contribution in [2.75, 3.05) is 0 Å². The van der Waals surface area contributed by atoms with Crippen LogP contribution in [0.2, 0.25) is 0 Å². The summed E-state index contributed by atoms with van der Waals surface area (Å²) in [7, 11) is 0. The molecule has 0 bridgehead atoms. The Kier molecular flexibility index (Phi) is 8.37. The molecule has 0 radical (unpaired) electrons. The molecule has 0 saturated carbocycles. The Balaban J connectivity index is 4.26. The molecule has 0 spiro atoms. The maximum atomic E-state index is 11.5. The number of carboxylic acid groups (broad SMARTS) is 1. The van der Waals surface area contributed by atoms with E-state index in [1.807, 2.05) is 0 Å². The number of unbranched alkanes of at least 4 members (excludes halogenated alkanes) is 5. The first-order chi connectivity index (χ1) is 8.55. The third kappa shape index (κ3) is 4.64. The maximum absolute atomic E-state index is 11.5. The number of carbonyl (C=O) groups excluding carboxylic acids is 1. The highest BCUT2D eigenvalue weighted by Gasteiger charge is 2.43. The van der Waals surface area contributed by atoms with Gasteiger partial charge in [0.15, 0.2) is 0 Å². The Morgan fingerprint density at radius 3 is 2.06 bits per heavy atom. The highest BCUT2D eigenvalue weighted by atomic mass is 16.5. The SMILES string of the molecule is CCCCCCCC[C@@](CC)(C(=O)O)C(=O)NO. The lowest BCUT2D eigenvalue weighted by atomic mass is 9.79. The molecule has 0 aliphatic carbocycles. The Hall–Kier alpha value is -1.10. The number of rotatable bonds is 10. The molecule has 1 amide bonds. The first kappa shape index (κ1) is 16.9. The zero-order valence-corrected chi connectivity index (χ0v) is 11.4. The van der Waals surface area contributed by atoms with E-state index in [4.69, 9.17) is 5.21 Å².